The molecular weight excluding hydrogens is 538 g/mol. The van der Waals surface area contributed by atoms with Crippen LogP contribution in [0.25, 0.3) is 22.4 Å². The number of aromatic amines is 1. The van der Waals surface area contributed by atoms with Gasteiger partial charge in [-0.1, -0.05) is 25.4 Å². The van der Waals surface area contributed by atoms with E-state index in [2.05, 4.69) is 10.1 Å². The van der Waals surface area contributed by atoms with Crippen molar-refractivity contribution in [3.8, 4) is 17.1 Å². The van der Waals surface area contributed by atoms with E-state index in [0.717, 1.165) is 18.4 Å². The third-order valence-corrected chi connectivity index (χ3v) is 9.30. The molecule has 12 nitrogen and oxygen atoms in total. The Labute approximate surface area is 233 Å². The molecule has 0 bridgehead atoms. The molecule has 3 heterocycles. The van der Waals surface area contributed by atoms with Gasteiger partial charge in [-0.3, -0.25) is 4.79 Å². The maximum Gasteiger partial charge on any atom is 0.275 e. The summed E-state index contributed by atoms with van der Waals surface area (Å²) in [6.07, 6.45) is 3.35. The largest absolute Gasteiger partial charge is 0.493 e. The quantitative estimate of drug-likeness (QED) is 0.153. The summed E-state index contributed by atoms with van der Waals surface area (Å²) < 4.78 is 36.2. The number of aliphatic hydroxyl groups is 2. The number of aromatic nitrogens is 3. The Hall–Kier alpha value is -3.26. The molecule has 13 heteroatoms. The Morgan fingerprint density at radius 3 is 2.60 bits per heavy atom. The minimum absolute atomic E-state index is 0.0326. The van der Waals surface area contributed by atoms with Crippen molar-refractivity contribution in [1.29, 1.82) is 0 Å². The molecule has 40 heavy (non-hydrogen) atoms. The van der Waals surface area contributed by atoms with E-state index in [1.54, 1.807) is 17.7 Å². The summed E-state index contributed by atoms with van der Waals surface area (Å²) >= 11 is 0. The zero-order valence-electron chi connectivity index (χ0n) is 23.0. The van der Waals surface area contributed by atoms with E-state index in [9.17, 15) is 28.6 Å². The van der Waals surface area contributed by atoms with Gasteiger partial charge < -0.3 is 29.7 Å². The topological polar surface area (TPSA) is 170 Å². The summed E-state index contributed by atoms with van der Waals surface area (Å²) in [4.78, 5) is 20.9. The minimum atomic E-state index is -3.90. The van der Waals surface area contributed by atoms with Crippen LogP contribution in [0.1, 0.15) is 50.8 Å². The molecule has 4 rings (SSSR count). The molecule has 218 valence electrons. The zero-order chi connectivity index (χ0) is 29.0. The molecule has 0 amide bonds. The van der Waals surface area contributed by atoms with Gasteiger partial charge in [0.15, 0.2) is 0 Å². The van der Waals surface area contributed by atoms with Crippen molar-refractivity contribution >= 4 is 27.3 Å². The molecule has 0 spiro atoms. The molecule has 1 aliphatic rings. The van der Waals surface area contributed by atoms with E-state index >= 15 is 0 Å². The first-order valence-corrected chi connectivity index (χ1v) is 15.0. The number of benzene rings is 1. The lowest BCUT2D eigenvalue weighted by molar-refractivity contribution is 0.0278. The highest BCUT2D eigenvalue weighted by Gasteiger charge is 2.32. The van der Waals surface area contributed by atoms with Crippen LogP contribution < -0.4 is 10.3 Å². The maximum absolute atomic E-state index is 13.6. The molecule has 2 aromatic heterocycles. The number of aliphatic hydroxyl groups excluding tert-OH is 2. The van der Waals surface area contributed by atoms with Gasteiger partial charge in [-0.15, -0.1) is 0 Å². The second kappa shape index (κ2) is 12.5. The number of nitrogens with one attached hydrogen (secondary N) is 1. The SMILES string of the molecule is CCCOc1ccc(S(=O)(=O)N2CCC([C@@H](O)CO)CC2)cc1-c1nc2c(CCC)c(/C=N/O)n(C)c2c(=O)[nH]1. The minimum Gasteiger partial charge on any atom is -0.493 e. The summed E-state index contributed by atoms with van der Waals surface area (Å²) in [5.74, 6) is 0.390. The molecule has 0 unspecified atom stereocenters. The van der Waals surface area contributed by atoms with Gasteiger partial charge in [-0.05, 0) is 49.8 Å². The molecule has 1 saturated heterocycles. The van der Waals surface area contributed by atoms with E-state index in [1.165, 1.54) is 22.7 Å². The van der Waals surface area contributed by atoms with Crippen molar-refractivity contribution in [3.63, 3.8) is 0 Å². The number of hydrogen-bond acceptors (Lipinski definition) is 9. The zero-order valence-corrected chi connectivity index (χ0v) is 23.8. The van der Waals surface area contributed by atoms with Crippen LogP contribution in [0.15, 0.2) is 33.0 Å². The van der Waals surface area contributed by atoms with Gasteiger partial charge in [0.05, 0.1) is 41.7 Å². The van der Waals surface area contributed by atoms with E-state index < -0.39 is 21.7 Å². The third-order valence-electron chi connectivity index (χ3n) is 7.40. The summed E-state index contributed by atoms with van der Waals surface area (Å²) in [5.41, 5.74) is 1.98. The Morgan fingerprint density at radius 1 is 1.25 bits per heavy atom. The standard InChI is InChI=1S/C27H37N5O7S/c1-4-6-19-21(15-28-36)31(3)25-24(19)29-26(30-27(25)35)20-14-18(7-8-23(20)39-13-5-2)40(37,38)32-11-9-17(10-12-32)22(34)16-33/h7-8,14-15,17,22,33-34,36H,4-6,9-13,16H2,1-3H3,(H,29,30,35)/b28-15+/t22-/m0/s1. The highest BCUT2D eigenvalue weighted by molar-refractivity contribution is 7.89. The van der Waals surface area contributed by atoms with Gasteiger partial charge in [-0.2, -0.15) is 4.31 Å². The lowest BCUT2D eigenvalue weighted by atomic mass is 9.93. The summed E-state index contributed by atoms with van der Waals surface area (Å²) in [6.45, 7) is 4.40. The van der Waals surface area contributed by atoms with Crippen molar-refractivity contribution in [3.05, 3.63) is 39.8 Å². The molecular formula is C27H37N5O7S. The number of nitrogens with zero attached hydrogens (tertiary/aromatic N) is 4. The van der Waals surface area contributed by atoms with Gasteiger partial charge in [0.2, 0.25) is 10.0 Å². The van der Waals surface area contributed by atoms with E-state index in [4.69, 9.17) is 9.72 Å². The van der Waals surface area contributed by atoms with E-state index in [1.807, 2.05) is 13.8 Å². The Morgan fingerprint density at radius 2 is 1.98 bits per heavy atom. The molecule has 0 radical (unpaired) electrons. The fourth-order valence-electron chi connectivity index (χ4n) is 5.27. The predicted molar refractivity (Wildman–Crippen MR) is 151 cm³/mol. The van der Waals surface area contributed by atoms with Crippen LogP contribution in [0, 0.1) is 5.92 Å². The normalized spacial score (nSPS) is 16.2. The molecule has 1 atom stereocenters. The van der Waals surface area contributed by atoms with Crippen LogP contribution in [0.3, 0.4) is 0 Å². The number of ether oxygens (including phenoxy) is 1. The van der Waals surface area contributed by atoms with Gasteiger partial charge in [0.25, 0.3) is 5.56 Å². The molecule has 0 saturated carbocycles. The van der Waals surface area contributed by atoms with E-state index in [-0.39, 0.29) is 36.3 Å². The number of H-pyrrole nitrogens is 1. The van der Waals surface area contributed by atoms with Crippen molar-refractivity contribution in [2.24, 2.45) is 18.1 Å². The Bertz CT molecular complexity index is 1540. The maximum atomic E-state index is 13.6. The van der Waals surface area contributed by atoms with Gasteiger partial charge in [0.1, 0.15) is 22.6 Å². The van der Waals surface area contributed by atoms with Crippen LogP contribution in [0.5, 0.6) is 5.75 Å². The molecule has 1 aliphatic heterocycles. The van der Waals surface area contributed by atoms with Crippen LogP contribution in [0.2, 0.25) is 0 Å². The lowest BCUT2D eigenvalue weighted by Gasteiger charge is -2.33. The number of piperidine rings is 1. The fourth-order valence-corrected chi connectivity index (χ4v) is 6.76. The Balaban J connectivity index is 1.82. The molecule has 1 fully saturated rings. The third kappa shape index (κ3) is 5.64. The number of rotatable bonds is 11. The van der Waals surface area contributed by atoms with Gasteiger partial charge in [-0.25, -0.2) is 13.4 Å². The van der Waals surface area contributed by atoms with Gasteiger partial charge >= 0.3 is 0 Å². The second-order valence-corrected chi connectivity index (χ2v) is 12.0. The smallest absolute Gasteiger partial charge is 0.275 e. The average Bonchev–Trinajstić information content (AvgIpc) is 3.22. The predicted octanol–water partition coefficient (Wildman–Crippen LogP) is 2.23. The van der Waals surface area contributed by atoms with Crippen LogP contribution in [0.4, 0.5) is 0 Å². The average molecular weight is 576 g/mol. The monoisotopic (exact) mass is 575 g/mol. The number of fused-ring (bicyclic) bond motifs is 1. The lowest BCUT2D eigenvalue weighted by Crippen LogP contribution is -2.41. The van der Waals surface area contributed by atoms with Gasteiger partial charge in [0, 0.05) is 25.7 Å². The summed E-state index contributed by atoms with van der Waals surface area (Å²) in [5, 5.41) is 31.6. The number of aryl methyl sites for hydroxylation is 2. The van der Waals surface area contributed by atoms with E-state index in [0.29, 0.717) is 53.9 Å². The van der Waals surface area contributed by atoms with Crippen molar-refractivity contribution in [1.82, 2.24) is 18.8 Å². The molecule has 0 aliphatic carbocycles. The molecule has 3 aromatic rings. The Kier molecular flexibility index (Phi) is 9.29. The molecule has 4 N–H and O–H groups in total. The fraction of sp³-hybridized carbons (Fsp3) is 0.519. The van der Waals surface area contributed by atoms with Crippen molar-refractivity contribution < 1.29 is 28.6 Å². The highest BCUT2D eigenvalue weighted by Crippen LogP contribution is 2.34. The summed E-state index contributed by atoms with van der Waals surface area (Å²) in [6, 6.07) is 4.53. The number of hydrogen-bond donors (Lipinski definition) is 4. The van der Waals surface area contributed by atoms with Crippen LogP contribution in [-0.2, 0) is 23.5 Å². The van der Waals surface area contributed by atoms with Crippen molar-refractivity contribution in [2.75, 3.05) is 26.3 Å². The molecule has 1 aromatic carbocycles. The summed E-state index contributed by atoms with van der Waals surface area (Å²) in [7, 11) is -2.21. The first-order chi connectivity index (χ1) is 19.2. The highest BCUT2D eigenvalue weighted by atomic mass is 32.2. The number of oxime groups is 1. The first-order valence-electron chi connectivity index (χ1n) is 13.5. The number of sulfonamides is 1. The van der Waals surface area contributed by atoms with Crippen LogP contribution >= 0.6 is 0 Å². The second-order valence-electron chi connectivity index (χ2n) is 10.0. The first kappa shape index (κ1) is 29.7. The van der Waals surface area contributed by atoms with Crippen LogP contribution in [-0.4, -0.2) is 81.3 Å². The van der Waals surface area contributed by atoms with Crippen molar-refractivity contribution in [2.45, 2.75) is 57.0 Å².